The van der Waals surface area contributed by atoms with Crippen molar-refractivity contribution in [2.24, 2.45) is 0 Å². The Morgan fingerprint density at radius 3 is 2.60 bits per heavy atom. The minimum atomic E-state index is -0.135. The largest absolute Gasteiger partial charge is 0.497 e. The van der Waals surface area contributed by atoms with E-state index in [1.807, 2.05) is 44.3 Å². The maximum atomic E-state index is 12.2. The molecular formula is C16H18N2O2. The van der Waals surface area contributed by atoms with Gasteiger partial charge in [0.25, 0.3) is 5.91 Å². The van der Waals surface area contributed by atoms with E-state index in [2.05, 4.69) is 10.6 Å². The van der Waals surface area contributed by atoms with E-state index in [-0.39, 0.29) is 5.91 Å². The Morgan fingerprint density at radius 1 is 1.15 bits per heavy atom. The molecule has 0 saturated carbocycles. The van der Waals surface area contributed by atoms with Crippen LogP contribution in [0.2, 0.25) is 0 Å². The lowest BCUT2D eigenvalue weighted by molar-refractivity contribution is 0.102. The van der Waals surface area contributed by atoms with Crippen molar-refractivity contribution in [3.8, 4) is 5.75 Å². The molecule has 0 aliphatic rings. The Kier molecular flexibility index (Phi) is 4.25. The minimum Gasteiger partial charge on any atom is -0.497 e. The summed E-state index contributed by atoms with van der Waals surface area (Å²) < 4.78 is 5.13. The van der Waals surface area contributed by atoms with Gasteiger partial charge in [0.2, 0.25) is 0 Å². The fourth-order valence-electron chi connectivity index (χ4n) is 1.99. The van der Waals surface area contributed by atoms with Gasteiger partial charge in [-0.15, -0.1) is 0 Å². The molecule has 0 heterocycles. The number of carbonyl (C=O) groups is 1. The van der Waals surface area contributed by atoms with Gasteiger partial charge in [-0.05, 0) is 42.8 Å². The minimum absolute atomic E-state index is 0.135. The van der Waals surface area contributed by atoms with Crippen LogP contribution in [-0.4, -0.2) is 20.1 Å². The molecule has 2 aromatic rings. The molecule has 2 rings (SSSR count). The van der Waals surface area contributed by atoms with Gasteiger partial charge in [-0.3, -0.25) is 4.79 Å². The second-order valence-corrected chi connectivity index (χ2v) is 4.47. The molecule has 0 fully saturated rings. The zero-order valence-electron chi connectivity index (χ0n) is 11.9. The summed E-state index contributed by atoms with van der Waals surface area (Å²) in [6, 6.07) is 12.8. The molecule has 0 unspecified atom stereocenters. The Morgan fingerprint density at radius 2 is 1.95 bits per heavy atom. The molecule has 0 radical (unpaired) electrons. The van der Waals surface area contributed by atoms with Crippen molar-refractivity contribution in [2.75, 3.05) is 24.8 Å². The van der Waals surface area contributed by atoms with Crippen molar-refractivity contribution in [1.82, 2.24) is 0 Å². The van der Waals surface area contributed by atoms with E-state index >= 15 is 0 Å². The lowest BCUT2D eigenvalue weighted by Crippen LogP contribution is -2.12. The van der Waals surface area contributed by atoms with Crippen molar-refractivity contribution in [3.63, 3.8) is 0 Å². The van der Waals surface area contributed by atoms with Crippen molar-refractivity contribution in [1.29, 1.82) is 0 Å². The molecule has 1 amide bonds. The summed E-state index contributed by atoms with van der Waals surface area (Å²) in [5, 5.41) is 5.94. The van der Waals surface area contributed by atoms with Gasteiger partial charge in [0.05, 0.1) is 7.11 Å². The third-order valence-electron chi connectivity index (χ3n) is 3.09. The van der Waals surface area contributed by atoms with Gasteiger partial charge < -0.3 is 15.4 Å². The van der Waals surface area contributed by atoms with Crippen LogP contribution in [-0.2, 0) is 0 Å². The number of benzene rings is 2. The first-order valence-corrected chi connectivity index (χ1v) is 6.38. The molecule has 4 nitrogen and oxygen atoms in total. The molecule has 0 saturated heterocycles. The van der Waals surface area contributed by atoms with Gasteiger partial charge in [-0.2, -0.15) is 0 Å². The molecule has 0 bridgehead atoms. The van der Waals surface area contributed by atoms with Crippen molar-refractivity contribution >= 4 is 17.3 Å². The van der Waals surface area contributed by atoms with Crippen molar-refractivity contribution < 1.29 is 9.53 Å². The van der Waals surface area contributed by atoms with Gasteiger partial charge in [0.15, 0.2) is 0 Å². The molecular weight excluding hydrogens is 252 g/mol. The average Bonchev–Trinajstić information content (AvgIpc) is 2.47. The van der Waals surface area contributed by atoms with Crippen molar-refractivity contribution in [2.45, 2.75) is 6.92 Å². The zero-order valence-corrected chi connectivity index (χ0v) is 11.9. The standard InChI is InChI=1S/C16H18N2O2/c1-11-9-12(7-8-15(11)17-2)16(19)18-13-5-4-6-14(10-13)20-3/h4-10,17H,1-3H3,(H,18,19). The highest BCUT2D eigenvalue weighted by atomic mass is 16.5. The molecule has 104 valence electrons. The molecule has 2 aromatic carbocycles. The summed E-state index contributed by atoms with van der Waals surface area (Å²) in [5.74, 6) is 0.577. The van der Waals surface area contributed by atoms with E-state index < -0.39 is 0 Å². The van der Waals surface area contributed by atoms with Crippen LogP contribution in [0.3, 0.4) is 0 Å². The van der Waals surface area contributed by atoms with Crippen LogP contribution < -0.4 is 15.4 Å². The molecule has 20 heavy (non-hydrogen) atoms. The van der Waals surface area contributed by atoms with E-state index in [9.17, 15) is 4.79 Å². The summed E-state index contributed by atoms with van der Waals surface area (Å²) >= 11 is 0. The fourth-order valence-corrected chi connectivity index (χ4v) is 1.99. The lowest BCUT2D eigenvalue weighted by Gasteiger charge is -2.09. The number of aryl methyl sites for hydroxylation is 1. The molecule has 0 spiro atoms. The van der Waals surface area contributed by atoms with Crippen LogP contribution in [0.25, 0.3) is 0 Å². The van der Waals surface area contributed by atoms with Crippen LogP contribution in [0, 0.1) is 6.92 Å². The zero-order chi connectivity index (χ0) is 14.5. The fraction of sp³-hybridized carbons (Fsp3) is 0.188. The summed E-state index contributed by atoms with van der Waals surface area (Å²) in [6.07, 6.45) is 0. The van der Waals surface area contributed by atoms with Gasteiger partial charge in [0, 0.05) is 30.1 Å². The molecule has 0 aliphatic carbocycles. The molecule has 4 heteroatoms. The van der Waals surface area contributed by atoms with E-state index in [1.165, 1.54) is 0 Å². The molecule has 0 aliphatic heterocycles. The van der Waals surface area contributed by atoms with E-state index in [0.29, 0.717) is 17.0 Å². The maximum absolute atomic E-state index is 12.2. The van der Waals surface area contributed by atoms with E-state index in [0.717, 1.165) is 11.3 Å². The summed E-state index contributed by atoms with van der Waals surface area (Å²) in [5.41, 5.74) is 3.39. The van der Waals surface area contributed by atoms with Gasteiger partial charge in [0.1, 0.15) is 5.75 Å². The third-order valence-corrected chi connectivity index (χ3v) is 3.09. The summed E-state index contributed by atoms with van der Waals surface area (Å²) in [4.78, 5) is 12.2. The van der Waals surface area contributed by atoms with Crippen LogP contribution in [0.4, 0.5) is 11.4 Å². The highest BCUT2D eigenvalue weighted by molar-refractivity contribution is 6.04. The predicted molar refractivity (Wildman–Crippen MR) is 81.7 cm³/mol. The highest BCUT2D eigenvalue weighted by Gasteiger charge is 2.08. The van der Waals surface area contributed by atoms with Gasteiger partial charge in [-0.1, -0.05) is 6.07 Å². The number of anilines is 2. The Bertz CT molecular complexity index is 624. The number of amides is 1. The Balaban J connectivity index is 2.17. The Labute approximate surface area is 118 Å². The number of carbonyl (C=O) groups excluding carboxylic acids is 1. The second kappa shape index (κ2) is 6.10. The lowest BCUT2D eigenvalue weighted by atomic mass is 10.1. The number of hydrogen-bond acceptors (Lipinski definition) is 3. The number of ether oxygens (including phenoxy) is 1. The monoisotopic (exact) mass is 270 g/mol. The second-order valence-electron chi connectivity index (χ2n) is 4.47. The quantitative estimate of drug-likeness (QED) is 0.896. The first-order valence-electron chi connectivity index (χ1n) is 6.38. The summed E-state index contributed by atoms with van der Waals surface area (Å²) in [7, 11) is 3.46. The van der Waals surface area contributed by atoms with Crippen LogP contribution >= 0.6 is 0 Å². The smallest absolute Gasteiger partial charge is 0.255 e. The Hall–Kier alpha value is -2.49. The average molecular weight is 270 g/mol. The van der Waals surface area contributed by atoms with Crippen LogP contribution in [0.15, 0.2) is 42.5 Å². The number of hydrogen-bond donors (Lipinski definition) is 2. The highest BCUT2D eigenvalue weighted by Crippen LogP contribution is 2.19. The van der Waals surface area contributed by atoms with E-state index in [4.69, 9.17) is 4.74 Å². The molecule has 0 atom stereocenters. The van der Waals surface area contributed by atoms with Gasteiger partial charge >= 0.3 is 0 Å². The maximum Gasteiger partial charge on any atom is 0.255 e. The molecule has 2 N–H and O–H groups in total. The van der Waals surface area contributed by atoms with Gasteiger partial charge in [-0.25, -0.2) is 0 Å². The SMILES string of the molecule is CNc1ccc(C(=O)Nc2cccc(OC)c2)cc1C. The normalized spacial score (nSPS) is 9.95. The van der Waals surface area contributed by atoms with E-state index in [1.54, 1.807) is 19.2 Å². The number of nitrogens with one attached hydrogen (secondary N) is 2. The third kappa shape index (κ3) is 3.09. The topological polar surface area (TPSA) is 50.4 Å². The van der Waals surface area contributed by atoms with Crippen LogP contribution in [0.1, 0.15) is 15.9 Å². The number of rotatable bonds is 4. The predicted octanol–water partition coefficient (Wildman–Crippen LogP) is 3.30. The van der Waals surface area contributed by atoms with Crippen LogP contribution in [0.5, 0.6) is 5.75 Å². The molecule has 0 aromatic heterocycles. The van der Waals surface area contributed by atoms with Crippen molar-refractivity contribution in [3.05, 3.63) is 53.6 Å². The first kappa shape index (κ1) is 13.9. The number of methoxy groups -OCH3 is 1. The summed E-state index contributed by atoms with van der Waals surface area (Å²) in [6.45, 7) is 1.97. The first-order chi connectivity index (χ1) is 9.63.